The summed E-state index contributed by atoms with van der Waals surface area (Å²) in [5, 5.41) is 0. The van der Waals surface area contributed by atoms with Gasteiger partial charge >= 0.3 is 0 Å². The lowest BCUT2D eigenvalue weighted by Gasteiger charge is -2.31. The molecule has 0 aliphatic carbocycles. The van der Waals surface area contributed by atoms with E-state index in [0.29, 0.717) is 5.56 Å². The highest BCUT2D eigenvalue weighted by molar-refractivity contribution is 9.10. The molecule has 1 unspecified atom stereocenters. The average molecular weight is 327 g/mol. The standard InChI is InChI=1S/C15H23BrN2O/c1-5-8-13(15(2,3)4)17-18-14(19)11-9-6-7-10-12(11)16/h6-7,9-10,13,17H,5,8H2,1-4H3,(H,18,19). The Morgan fingerprint density at radius 1 is 1.32 bits per heavy atom. The Bertz CT molecular complexity index is 426. The molecule has 0 saturated heterocycles. The molecule has 1 aromatic carbocycles. The van der Waals surface area contributed by atoms with Crippen LogP contribution in [0.2, 0.25) is 0 Å². The number of carbonyl (C=O) groups is 1. The highest BCUT2D eigenvalue weighted by Crippen LogP contribution is 2.22. The maximum absolute atomic E-state index is 12.1. The molecule has 3 nitrogen and oxygen atoms in total. The predicted molar refractivity (Wildman–Crippen MR) is 82.9 cm³/mol. The summed E-state index contributed by atoms with van der Waals surface area (Å²) in [6, 6.07) is 7.66. The first kappa shape index (κ1) is 16.2. The zero-order chi connectivity index (χ0) is 14.5. The molecular formula is C15H23BrN2O. The highest BCUT2D eigenvalue weighted by atomic mass is 79.9. The van der Waals surface area contributed by atoms with Gasteiger partial charge in [0.2, 0.25) is 0 Å². The van der Waals surface area contributed by atoms with Crippen molar-refractivity contribution in [2.24, 2.45) is 5.41 Å². The summed E-state index contributed by atoms with van der Waals surface area (Å²) in [6.45, 7) is 8.66. The summed E-state index contributed by atoms with van der Waals surface area (Å²) < 4.78 is 0.803. The lowest BCUT2D eigenvalue weighted by molar-refractivity contribution is 0.0903. The van der Waals surface area contributed by atoms with Crippen molar-refractivity contribution in [3.8, 4) is 0 Å². The minimum Gasteiger partial charge on any atom is -0.287 e. The van der Waals surface area contributed by atoms with Crippen LogP contribution in [0.1, 0.15) is 50.9 Å². The van der Waals surface area contributed by atoms with Gasteiger partial charge in [-0.05, 0) is 39.9 Å². The SMILES string of the molecule is CCCC(NNC(=O)c1ccccc1Br)C(C)(C)C. The minimum absolute atomic E-state index is 0.108. The zero-order valence-electron chi connectivity index (χ0n) is 12.1. The predicted octanol–water partition coefficient (Wildman–Crippen LogP) is 3.90. The number of hydrazine groups is 1. The van der Waals surface area contributed by atoms with E-state index in [1.807, 2.05) is 18.2 Å². The van der Waals surface area contributed by atoms with Crippen LogP contribution < -0.4 is 10.9 Å². The Morgan fingerprint density at radius 2 is 1.95 bits per heavy atom. The highest BCUT2D eigenvalue weighted by Gasteiger charge is 2.24. The lowest BCUT2D eigenvalue weighted by atomic mass is 9.84. The maximum Gasteiger partial charge on any atom is 0.266 e. The Hall–Kier alpha value is -0.870. The van der Waals surface area contributed by atoms with Crippen LogP contribution in [0.5, 0.6) is 0 Å². The fourth-order valence-corrected chi connectivity index (χ4v) is 2.34. The van der Waals surface area contributed by atoms with E-state index < -0.39 is 0 Å². The summed E-state index contributed by atoms with van der Waals surface area (Å²) in [6.07, 6.45) is 2.11. The first-order valence-corrected chi connectivity index (χ1v) is 7.46. The van der Waals surface area contributed by atoms with E-state index in [1.54, 1.807) is 6.07 Å². The lowest BCUT2D eigenvalue weighted by Crippen LogP contribution is -2.50. The van der Waals surface area contributed by atoms with Crippen LogP contribution in [0, 0.1) is 5.41 Å². The fourth-order valence-electron chi connectivity index (χ4n) is 1.88. The van der Waals surface area contributed by atoms with Crippen molar-refractivity contribution < 1.29 is 4.79 Å². The summed E-state index contributed by atoms with van der Waals surface area (Å²) in [7, 11) is 0. The molecule has 0 saturated carbocycles. The second kappa shape index (κ2) is 7.06. The van der Waals surface area contributed by atoms with Crippen LogP contribution in [-0.2, 0) is 0 Å². The number of halogens is 1. The molecule has 0 heterocycles. The van der Waals surface area contributed by atoms with E-state index >= 15 is 0 Å². The van der Waals surface area contributed by atoms with E-state index in [1.165, 1.54) is 0 Å². The summed E-state index contributed by atoms with van der Waals surface area (Å²) in [4.78, 5) is 12.1. The molecule has 4 heteroatoms. The molecule has 0 aromatic heterocycles. The van der Waals surface area contributed by atoms with E-state index in [2.05, 4.69) is 54.5 Å². The van der Waals surface area contributed by atoms with Crippen molar-refractivity contribution in [3.63, 3.8) is 0 Å². The minimum atomic E-state index is -0.113. The second-order valence-corrected chi connectivity index (χ2v) is 6.64. The van der Waals surface area contributed by atoms with Gasteiger partial charge in [0.15, 0.2) is 0 Å². The smallest absolute Gasteiger partial charge is 0.266 e. The van der Waals surface area contributed by atoms with Gasteiger partial charge in [0.05, 0.1) is 5.56 Å². The number of nitrogens with one attached hydrogen (secondary N) is 2. The number of amides is 1. The number of carbonyl (C=O) groups excluding carboxylic acids is 1. The normalized spacial score (nSPS) is 13.1. The van der Waals surface area contributed by atoms with Gasteiger partial charge in [-0.2, -0.15) is 0 Å². The van der Waals surface area contributed by atoms with Crippen molar-refractivity contribution >= 4 is 21.8 Å². The molecule has 2 N–H and O–H groups in total. The first-order valence-electron chi connectivity index (χ1n) is 6.66. The van der Waals surface area contributed by atoms with Gasteiger partial charge in [-0.25, -0.2) is 5.43 Å². The van der Waals surface area contributed by atoms with Crippen LogP contribution in [0.3, 0.4) is 0 Å². The number of hydrogen-bond acceptors (Lipinski definition) is 2. The third-order valence-electron chi connectivity index (χ3n) is 3.10. The monoisotopic (exact) mass is 326 g/mol. The number of benzene rings is 1. The second-order valence-electron chi connectivity index (χ2n) is 5.79. The molecule has 106 valence electrons. The van der Waals surface area contributed by atoms with Crippen molar-refractivity contribution in [3.05, 3.63) is 34.3 Å². The van der Waals surface area contributed by atoms with Crippen LogP contribution in [0.4, 0.5) is 0 Å². The van der Waals surface area contributed by atoms with Gasteiger partial charge in [-0.3, -0.25) is 10.2 Å². The molecule has 1 amide bonds. The summed E-state index contributed by atoms with van der Waals surface area (Å²) in [5.41, 5.74) is 6.72. The molecule has 1 rings (SSSR count). The molecular weight excluding hydrogens is 304 g/mol. The van der Waals surface area contributed by atoms with Gasteiger partial charge in [0.1, 0.15) is 0 Å². The van der Waals surface area contributed by atoms with Gasteiger partial charge in [-0.1, -0.05) is 46.2 Å². The van der Waals surface area contributed by atoms with Gasteiger partial charge in [-0.15, -0.1) is 0 Å². The van der Waals surface area contributed by atoms with Crippen molar-refractivity contribution in [1.29, 1.82) is 0 Å². The van der Waals surface area contributed by atoms with Crippen LogP contribution in [0.15, 0.2) is 28.7 Å². The number of rotatable bonds is 5. The third kappa shape index (κ3) is 4.96. The van der Waals surface area contributed by atoms with E-state index in [4.69, 9.17) is 0 Å². The Kier molecular flexibility index (Phi) is 6.01. The summed E-state index contributed by atoms with van der Waals surface area (Å²) in [5.74, 6) is -0.113. The van der Waals surface area contributed by atoms with Gasteiger partial charge in [0.25, 0.3) is 5.91 Å². The molecule has 0 radical (unpaired) electrons. The van der Waals surface area contributed by atoms with E-state index in [-0.39, 0.29) is 17.4 Å². The van der Waals surface area contributed by atoms with Crippen LogP contribution in [-0.4, -0.2) is 11.9 Å². The van der Waals surface area contributed by atoms with Gasteiger partial charge < -0.3 is 0 Å². The Balaban J connectivity index is 2.65. The van der Waals surface area contributed by atoms with Crippen molar-refractivity contribution in [2.75, 3.05) is 0 Å². The van der Waals surface area contributed by atoms with Crippen molar-refractivity contribution in [2.45, 2.75) is 46.6 Å². The Labute approximate surface area is 124 Å². The quantitative estimate of drug-likeness (QED) is 0.806. The van der Waals surface area contributed by atoms with Crippen LogP contribution >= 0.6 is 15.9 Å². The van der Waals surface area contributed by atoms with E-state index in [9.17, 15) is 4.79 Å². The largest absolute Gasteiger partial charge is 0.287 e. The van der Waals surface area contributed by atoms with E-state index in [0.717, 1.165) is 17.3 Å². The molecule has 1 atom stereocenters. The maximum atomic E-state index is 12.1. The molecule has 0 aliphatic rings. The van der Waals surface area contributed by atoms with Crippen LogP contribution in [0.25, 0.3) is 0 Å². The van der Waals surface area contributed by atoms with Crippen molar-refractivity contribution in [1.82, 2.24) is 10.9 Å². The molecule has 0 aliphatic heterocycles. The Morgan fingerprint density at radius 3 is 2.47 bits per heavy atom. The first-order chi connectivity index (χ1) is 8.86. The fraction of sp³-hybridized carbons (Fsp3) is 0.533. The number of hydrogen-bond donors (Lipinski definition) is 2. The molecule has 19 heavy (non-hydrogen) atoms. The topological polar surface area (TPSA) is 41.1 Å². The molecule has 0 spiro atoms. The zero-order valence-corrected chi connectivity index (χ0v) is 13.7. The third-order valence-corrected chi connectivity index (χ3v) is 3.79. The van der Waals surface area contributed by atoms with Gasteiger partial charge in [0, 0.05) is 10.5 Å². The summed E-state index contributed by atoms with van der Waals surface area (Å²) >= 11 is 3.39. The molecule has 1 aromatic rings. The molecule has 0 bridgehead atoms. The average Bonchev–Trinajstić information content (AvgIpc) is 2.33. The molecule has 0 fully saturated rings.